The fourth-order valence-corrected chi connectivity index (χ4v) is 4.27. The van der Waals surface area contributed by atoms with Gasteiger partial charge in [-0.1, -0.05) is 13.0 Å². The lowest BCUT2D eigenvalue weighted by Gasteiger charge is -2.22. The molecule has 1 atom stereocenters. The zero-order chi connectivity index (χ0) is 22.8. The normalized spacial score (nSPS) is 17.1. The van der Waals surface area contributed by atoms with Crippen LogP contribution in [-0.4, -0.2) is 43.6 Å². The van der Waals surface area contributed by atoms with E-state index in [9.17, 15) is 5.11 Å². The molecule has 1 aromatic carbocycles. The highest BCUT2D eigenvalue weighted by Crippen LogP contribution is 2.39. The van der Waals surface area contributed by atoms with Crippen LogP contribution in [-0.2, 0) is 18.4 Å². The van der Waals surface area contributed by atoms with E-state index in [0.29, 0.717) is 18.2 Å². The molecule has 5 rings (SSSR count). The summed E-state index contributed by atoms with van der Waals surface area (Å²) in [5.41, 5.74) is 5.43. The van der Waals surface area contributed by atoms with E-state index in [2.05, 4.69) is 33.4 Å². The fraction of sp³-hybridized carbons (Fsp3) is 0.280. The first-order valence-corrected chi connectivity index (χ1v) is 10.9. The standard InChI is InChI=1S/C25H26N6O2/c1-25(16-32)8-6-21-19(25)13-18(14-27-21)20-7-10-26-24(29-20)30-22-5-4-17(12-23(22)33-2)15-31-11-3-9-28-31/h3-5,7,9-14,32H,6,8,15-16H2,1-2H3,(H,26,29,30). The average Bonchev–Trinajstić information content (AvgIpc) is 3.48. The molecule has 0 fully saturated rings. The summed E-state index contributed by atoms with van der Waals surface area (Å²) in [5.74, 6) is 1.17. The second-order valence-electron chi connectivity index (χ2n) is 8.57. The summed E-state index contributed by atoms with van der Waals surface area (Å²) in [6.45, 7) is 2.85. The molecule has 2 N–H and O–H groups in total. The first-order valence-electron chi connectivity index (χ1n) is 10.9. The van der Waals surface area contributed by atoms with Crippen molar-refractivity contribution in [3.8, 4) is 17.0 Å². The first-order chi connectivity index (χ1) is 16.1. The van der Waals surface area contributed by atoms with Gasteiger partial charge < -0.3 is 15.2 Å². The molecule has 8 nitrogen and oxygen atoms in total. The Morgan fingerprint density at radius 2 is 2.09 bits per heavy atom. The molecule has 0 spiro atoms. The Bertz CT molecular complexity index is 1270. The molecule has 1 aliphatic rings. The lowest BCUT2D eigenvalue weighted by molar-refractivity contribution is 0.206. The topological polar surface area (TPSA) is 98.0 Å². The van der Waals surface area contributed by atoms with Crippen LogP contribution in [0.25, 0.3) is 11.3 Å². The quantitative estimate of drug-likeness (QED) is 0.450. The van der Waals surface area contributed by atoms with Gasteiger partial charge in [0.05, 0.1) is 31.6 Å². The zero-order valence-corrected chi connectivity index (χ0v) is 18.7. The number of nitrogens with one attached hydrogen (secondary N) is 1. The van der Waals surface area contributed by atoms with E-state index < -0.39 is 0 Å². The van der Waals surface area contributed by atoms with Gasteiger partial charge in [0.15, 0.2) is 0 Å². The number of ether oxygens (including phenoxy) is 1. The van der Waals surface area contributed by atoms with Gasteiger partial charge >= 0.3 is 0 Å². The molecule has 0 saturated carbocycles. The highest BCUT2D eigenvalue weighted by Gasteiger charge is 2.35. The van der Waals surface area contributed by atoms with E-state index in [1.54, 1.807) is 19.5 Å². The molecule has 8 heteroatoms. The first kappa shape index (κ1) is 21.1. The van der Waals surface area contributed by atoms with Gasteiger partial charge in [-0.15, -0.1) is 0 Å². The summed E-state index contributed by atoms with van der Waals surface area (Å²) in [4.78, 5) is 13.7. The van der Waals surface area contributed by atoms with Crippen LogP contribution in [0.5, 0.6) is 5.75 Å². The number of nitrogens with zero attached hydrogens (tertiary/aromatic N) is 5. The number of aliphatic hydroxyl groups is 1. The monoisotopic (exact) mass is 442 g/mol. The molecule has 0 saturated heterocycles. The number of benzene rings is 1. The van der Waals surface area contributed by atoms with Gasteiger partial charge in [-0.25, -0.2) is 9.97 Å². The van der Waals surface area contributed by atoms with Gasteiger partial charge in [0.1, 0.15) is 5.75 Å². The van der Waals surface area contributed by atoms with E-state index in [0.717, 1.165) is 46.6 Å². The lowest BCUT2D eigenvalue weighted by atomic mass is 9.85. The Morgan fingerprint density at radius 3 is 2.88 bits per heavy atom. The van der Waals surface area contributed by atoms with Crippen LogP contribution < -0.4 is 10.1 Å². The van der Waals surface area contributed by atoms with Crippen molar-refractivity contribution in [2.24, 2.45) is 0 Å². The molecule has 1 unspecified atom stereocenters. The van der Waals surface area contributed by atoms with Crippen molar-refractivity contribution in [3.05, 3.63) is 78.0 Å². The van der Waals surface area contributed by atoms with Gasteiger partial charge in [-0.3, -0.25) is 9.67 Å². The number of hydrogen-bond acceptors (Lipinski definition) is 7. The largest absolute Gasteiger partial charge is 0.495 e. The number of aliphatic hydroxyl groups excluding tert-OH is 1. The molecule has 0 aliphatic heterocycles. The maximum absolute atomic E-state index is 9.90. The minimum absolute atomic E-state index is 0.109. The Hall–Kier alpha value is -3.78. The van der Waals surface area contributed by atoms with E-state index >= 15 is 0 Å². The Labute approximate surface area is 192 Å². The highest BCUT2D eigenvalue weighted by atomic mass is 16.5. The molecule has 0 bridgehead atoms. The minimum atomic E-state index is -0.252. The van der Waals surface area contributed by atoms with Crippen molar-refractivity contribution in [1.82, 2.24) is 24.7 Å². The van der Waals surface area contributed by atoms with Gasteiger partial charge in [0, 0.05) is 41.5 Å². The number of methoxy groups -OCH3 is 1. The van der Waals surface area contributed by atoms with Crippen molar-refractivity contribution in [3.63, 3.8) is 0 Å². The summed E-state index contributed by atoms with van der Waals surface area (Å²) < 4.78 is 7.46. The van der Waals surface area contributed by atoms with Crippen LogP contribution >= 0.6 is 0 Å². The van der Waals surface area contributed by atoms with Gasteiger partial charge in [0.25, 0.3) is 0 Å². The fourth-order valence-electron chi connectivity index (χ4n) is 4.27. The van der Waals surface area contributed by atoms with Crippen LogP contribution in [0.3, 0.4) is 0 Å². The van der Waals surface area contributed by atoms with Crippen molar-refractivity contribution in [2.45, 2.75) is 31.7 Å². The van der Waals surface area contributed by atoms with Gasteiger partial charge in [0.2, 0.25) is 5.95 Å². The summed E-state index contributed by atoms with van der Waals surface area (Å²) in [6.07, 6.45) is 9.05. The van der Waals surface area contributed by atoms with E-state index in [1.807, 2.05) is 47.4 Å². The zero-order valence-electron chi connectivity index (χ0n) is 18.7. The Balaban J connectivity index is 1.40. The van der Waals surface area contributed by atoms with Gasteiger partial charge in [-0.2, -0.15) is 5.10 Å². The van der Waals surface area contributed by atoms with E-state index in [-0.39, 0.29) is 12.0 Å². The third-order valence-corrected chi connectivity index (χ3v) is 6.25. The summed E-state index contributed by atoms with van der Waals surface area (Å²) in [7, 11) is 1.64. The van der Waals surface area contributed by atoms with Crippen LogP contribution in [0.2, 0.25) is 0 Å². The molecule has 33 heavy (non-hydrogen) atoms. The van der Waals surface area contributed by atoms with Crippen LogP contribution in [0.15, 0.2) is 61.2 Å². The van der Waals surface area contributed by atoms with E-state index in [4.69, 9.17) is 9.72 Å². The molecule has 168 valence electrons. The molecule has 1 aliphatic carbocycles. The average molecular weight is 443 g/mol. The van der Waals surface area contributed by atoms with Crippen LogP contribution in [0.1, 0.15) is 30.2 Å². The second kappa shape index (κ2) is 8.63. The Morgan fingerprint density at radius 1 is 1.18 bits per heavy atom. The smallest absolute Gasteiger partial charge is 0.227 e. The predicted molar refractivity (Wildman–Crippen MR) is 126 cm³/mol. The van der Waals surface area contributed by atoms with Crippen molar-refractivity contribution in [1.29, 1.82) is 0 Å². The molecule has 3 heterocycles. The molecule has 4 aromatic rings. The summed E-state index contributed by atoms with van der Waals surface area (Å²) in [5, 5.41) is 17.4. The second-order valence-corrected chi connectivity index (χ2v) is 8.57. The van der Waals surface area contributed by atoms with Crippen molar-refractivity contribution < 1.29 is 9.84 Å². The molecule has 0 amide bonds. The molecule has 3 aromatic heterocycles. The minimum Gasteiger partial charge on any atom is -0.495 e. The highest BCUT2D eigenvalue weighted by molar-refractivity contribution is 5.66. The molecule has 0 radical (unpaired) electrons. The third-order valence-electron chi connectivity index (χ3n) is 6.25. The Kier molecular flexibility index (Phi) is 5.51. The maximum atomic E-state index is 9.90. The number of anilines is 2. The number of aromatic nitrogens is 5. The van der Waals surface area contributed by atoms with Crippen molar-refractivity contribution >= 4 is 11.6 Å². The molecular formula is C25H26N6O2. The van der Waals surface area contributed by atoms with E-state index in [1.165, 1.54) is 0 Å². The summed E-state index contributed by atoms with van der Waals surface area (Å²) >= 11 is 0. The predicted octanol–water partition coefficient (Wildman–Crippen LogP) is 3.73. The number of aryl methyl sites for hydroxylation is 1. The maximum Gasteiger partial charge on any atom is 0.227 e. The SMILES string of the molecule is COc1cc(Cn2cccn2)ccc1Nc1nccc(-c2cnc3c(c2)C(C)(CO)CC3)n1. The molecular weight excluding hydrogens is 416 g/mol. The van der Waals surface area contributed by atoms with Crippen LogP contribution in [0.4, 0.5) is 11.6 Å². The summed E-state index contributed by atoms with van der Waals surface area (Å²) in [6, 6.07) is 11.8. The van der Waals surface area contributed by atoms with Gasteiger partial charge in [-0.05, 0) is 54.3 Å². The number of hydrogen-bond donors (Lipinski definition) is 2. The number of fused-ring (bicyclic) bond motifs is 1. The number of rotatable bonds is 7. The number of pyridine rings is 1. The van der Waals surface area contributed by atoms with Crippen molar-refractivity contribution in [2.75, 3.05) is 19.0 Å². The lowest BCUT2D eigenvalue weighted by Crippen LogP contribution is -2.23. The van der Waals surface area contributed by atoms with Crippen LogP contribution in [0, 0.1) is 0 Å². The third kappa shape index (κ3) is 4.17.